The van der Waals surface area contributed by atoms with E-state index in [2.05, 4.69) is 5.32 Å². The Bertz CT molecular complexity index is 108. The van der Waals surface area contributed by atoms with Crippen LogP contribution in [0.25, 0.3) is 0 Å². The summed E-state index contributed by atoms with van der Waals surface area (Å²) in [5, 5.41) is 3.04. The fourth-order valence-corrected chi connectivity index (χ4v) is 0.827. The van der Waals surface area contributed by atoms with Crippen LogP contribution < -0.4 is 5.32 Å². The molecular weight excluding hydrogens is 118 g/mol. The number of hydrogen-bond donors (Lipinski definition) is 1. The van der Waals surface area contributed by atoms with E-state index >= 15 is 0 Å². The van der Waals surface area contributed by atoms with E-state index in [9.17, 15) is 4.79 Å². The molecule has 0 aromatic rings. The summed E-state index contributed by atoms with van der Waals surface area (Å²) in [7, 11) is 0. The van der Waals surface area contributed by atoms with Gasteiger partial charge in [0, 0.05) is 6.54 Å². The van der Waals surface area contributed by atoms with E-state index in [1.807, 2.05) is 0 Å². The van der Waals surface area contributed by atoms with Gasteiger partial charge < -0.3 is 10.1 Å². The highest BCUT2D eigenvalue weighted by Gasteiger charge is 2.16. The first-order valence-electron chi connectivity index (χ1n) is 3.12. The van der Waals surface area contributed by atoms with Crippen molar-refractivity contribution in [3.63, 3.8) is 0 Å². The zero-order chi connectivity index (χ0) is 6.69. The quantitative estimate of drug-likeness (QED) is 0.522. The predicted octanol–water partition coefficient (Wildman–Crippen LogP) is -0.436. The number of carbonyl (C=O) groups is 1. The van der Waals surface area contributed by atoms with Gasteiger partial charge >= 0.3 is 0 Å². The van der Waals surface area contributed by atoms with Crippen LogP contribution >= 0.6 is 0 Å². The summed E-state index contributed by atoms with van der Waals surface area (Å²) in [5.41, 5.74) is 0. The molecule has 0 amide bonds. The van der Waals surface area contributed by atoms with Crippen molar-refractivity contribution in [2.24, 2.45) is 0 Å². The second-order valence-corrected chi connectivity index (χ2v) is 2.19. The third-order valence-electron chi connectivity index (χ3n) is 1.41. The number of morpholine rings is 1. The Balaban J connectivity index is 2.31. The van der Waals surface area contributed by atoms with Crippen LogP contribution in [0, 0.1) is 0 Å². The summed E-state index contributed by atoms with van der Waals surface area (Å²) >= 11 is 0. The molecule has 1 aliphatic rings. The number of ether oxygens (including phenoxy) is 1. The van der Waals surface area contributed by atoms with Gasteiger partial charge in [-0.15, -0.1) is 0 Å². The molecule has 1 rings (SSSR count). The zero-order valence-corrected chi connectivity index (χ0v) is 5.52. The van der Waals surface area contributed by atoms with Gasteiger partial charge in [0.15, 0.2) is 0 Å². The number of hydrogen-bond acceptors (Lipinski definition) is 3. The van der Waals surface area contributed by atoms with E-state index < -0.39 is 0 Å². The molecule has 0 aromatic carbocycles. The highest BCUT2D eigenvalue weighted by molar-refractivity contribution is 5.81. The highest BCUT2D eigenvalue weighted by atomic mass is 16.5. The van der Waals surface area contributed by atoms with Crippen LogP contribution in [-0.2, 0) is 9.53 Å². The molecule has 0 unspecified atom stereocenters. The topological polar surface area (TPSA) is 38.3 Å². The third kappa shape index (κ3) is 1.77. The number of Topliss-reactive ketones (excluding diaryl/α,β-unsaturated/α-hetero) is 1. The minimum atomic E-state index is -0.0567. The Kier molecular flexibility index (Phi) is 2.19. The number of rotatable bonds is 1. The van der Waals surface area contributed by atoms with Crippen LogP contribution in [0.3, 0.4) is 0 Å². The van der Waals surface area contributed by atoms with Crippen LogP contribution in [0.4, 0.5) is 0 Å². The lowest BCUT2D eigenvalue weighted by Gasteiger charge is -2.20. The van der Waals surface area contributed by atoms with E-state index in [1.54, 1.807) is 6.92 Å². The van der Waals surface area contributed by atoms with Gasteiger partial charge in [0.1, 0.15) is 5.78 Å². The Morgan fingerprint density at radius 2 is 2.56 bits per heavy atom. The number of carbonyl (C=O) groups excluding carboxylic acids is 1. The highest BCUT2D eigenvalue weighted by Crippen LogP contribution is 1.92. The maximum Gasteiger partial charge on any atom is 0.149 e. The molecule has 0 radical (unpaired) electrons. The van der Waals surface area contributed by atoms with Gasteiger partial charge in [-0.25, -0.2) is 0 Å². The van der Waals surface area contributed by atoms with E-state index in [0.29, 0.717) is 6.61 Å². The van der Waals surface area contributed by atoms with Crippen molar-refractivity contribution < 1.29 is 9.53 Å². The molecule has 0 bridgehead atoms. The minimum Gasteiger partial charge on any atom is -0.378 e. The summed E-state index contributed by atoms with van der Waals surface area (Å²) in [4.78, 5) is 10.7. The Morgan fingerprint density at radius 1 is 1.78 bits per heavy atom. The molecule has 1 fully saturated rings. The minimum absolute atomic E-state index is 0.0567. The standard InChI is InChI=1S/C6H11NO2/c1-5(8)6-4-9-3-2-7-6/h6-7H,2-4H2,1H3/t6-/m0/s1. The van der Waals surface area contributed by atoms with E-state index in [-0.39, 0.29) is 11.8 Å². The summed E-state index contributed by atoms with van der Waals surface area (Å²) < 4.78 is 5.06. The second kappa shape index (κ2) is 2.94. The van der Waals surface area contributed by atoms with Crippen molar-refractivity contribution in [2.45, 2.75) is 13.0 Å². The molecule has 3 heteroatoms. The Hall–Kier alpha value is -0.410. The SMILES string of the molecule is CC(=O)[C@@H]1COCCN1. The van der Waals surface area contributed by atoms with E-state index in [4.69, 9.17) is 4.74 Å². The summed E-state index contributed by atoms with van der Waals surface area (Å²) in [6.07, 6.45) is 0. The monoisotopic (exact) mass is 129 g/mol. The zero-order valence-electron chi connectivity index (χ0n) is 5.52. The van der Waals surface area contributed by atoms with Gasteiger partial charge in [-0.05, 0) is 6.92 Å². The van der Waals surface area contributed by atoms with Crippen molar-refractivity contribution in [3.05, 3.63) is 0 Å². The van der Waals surface area contributed by atoms with Crippen molar-refractivity contribution in [1.29, 1.82) is 0 Å². The lowest BCUT2D eigenvalue weighted by Crippen LogP contribution is -2.45. The fraction of sp³-hybridized carbons (Fsp3) is 0.833. The van der Waals surface area contributed by atoms with Gasteiger partial charge in [0.05, 0.1) is 19.3 Å². The molecule has 0 aliphatic carbocycles. The van der Waals surface area contributed by atoms with Gasteiger partial charge in [-0.2, -0.15) is 0 Å². The van der Waals surface area contributed by atoms with Gasteiger partial charge in [0.2, 0.25) is 0 Å². The largest absolute Gasteiger partial charge is 0.378 e. The molecule has 1 N–H and O–H groups in total. The lowest BCUT2D eigenvalue weighted by molar-refractivity contribution is -0.121. The summed E-state index contributed by atoms with van der Waals surface area (Å²) in [6.45, 7) is 3.63. The van der Waals surface area contributed by atoms with Crippen LogP contribution in [0.2, 0.25) is 0 Å². The van der Waals surface area contributed by atoms with Crippen LogP contribution in [0.15, 0.2) is 0 Å². The predicted molar refractivity (Wildman–Crippen MR) is 33.3 cm³/mol. The Labute approximate surface area is 54.4 Å². The maximum absolute atomic E-state index is 10.7. The van der Waals surface area contributed by atoms with Gasteiger partial charge in [0.25, 0.3) is 0 Å². The molecule has 0 spiro atoms. The summed E-state index contributed by atoms with van der Waals surface area (Å²) in [5.74, 6) is 0.162. The third-order valence-corrected chi connectivity index (χ3v) is 1.41. The molecule has 1 saturated heterocycles. The van der Waals surface area contributed by atoms with Crippen molar-refractivity contribution >= 4 is 5.78 Å². The van der Waals surface area contributed by atoms with E-state index in [1.165, 1.54) is 0 Å². The van der Waals surface area contributed by atoms with Crippen LogP contribution in [0.5, 0.6) is 0 Å². The van der Waals surface area contributed by atoms with Crippen molar-refractivity contribution in [1.82, 2.24) is 5.32 Å². The average molecular weight is 129 g/mol. The fourth-order valence-electron chi connectivity index (χ4n) is 0.827. The molecular formula is C6H11NO2. The average Bonchev–Trinajstić information content (AvgIpc) is 1.90. The second-order valence-electron chi connectivity index (χ2n) is 2.19. The molecule has 9 heavy (non-hydrogen) atoms. The van der Waals surface area contributed by atoms with Crippen LogP contribution in [-0.4, -0.2) is 31.6 Å². The first kappa shape index (κ1) is 6.71. The molecule has 52 valence electrons. The first-order valence-corrected chi connectivity index (χ1v) is 3.12. The lowest BCUT2D eigenvalue weighted by atomic mass is 10.2. The normalized spacial score (nSPS) is 27.9. The first-order chi connectivity index (χ1) is 4.30. The molecule has 1 heterocycles. The summed E-state index contributed by atoms with van der Waals surface area (Å²) in [6, 6.07) is -0.0567. The Morgan fingerprint density at radius 3 is 2.89 bits per heavy atom. The number of ketones is 1. The maximum atomic E-state index is 10.7. The number of nitrogens with one attached hydrogen (secondary N) is 1. The molecule has 1 atom stereocenters. The van der Waals surface area contributed by atoms with Crippen molar-refractivity contribution in [2.75, 3.05) is 19.8 Å². The smallest absolute Gasteiger partial charge is 0.149 e. The molecule has 0 aromatic heterocycles. The molecule has 0 saturated carbocycles. The molecule has 1 aliphatic heterocycles. The van der Waals surface area contributed by atoms with Gasteiger partial charge in [-0.1, -0.05) is 0 Å². The van der Waals surface area contributed by atoms with Crippen LogP contribution in [0.1, 0.15) is 6.92 Å². The van der Waals surface area contributed by atoms with Crippen molar-refractivity contribution in [3.8, 4) is 0 Å². The van der Waals surface area contributed by atoms with E-state index in [0.717, 1.165) is 13.2 Å². The molecule has 3 nitrogen and oxygen atoms in total. The van der Waals surface area contributed by atoms with Gasteiger partial charge in [-0.3, -0.25) is 4.79 Å².